The lowest BCUT2D eigenvalue weighted by Gasteiger charge is -2.25. The van der Waals surface area contributed by atoms with Crippen molar-refractivity contribution in [2.45, 2.75) is 31.7 Å². The van der Waals surface area contributed by atoms with Crippen LogP contribution in [0.15, 0.2) is 109 Å². The molecule has 0 aromatic heterocycles. The minimum Gasteiger partial charge on any atom is -0.392 e. The molecule has 1 amide bonds. The van der Waals surface area contributed by atoms with Crippen molar-refractivity contribution in [1.29, 1.82) is 0 Å². The first kappa shape index (κ1) is 36.6. The quantitative estimate of drug-likeness (QED) is 0.154. The summed E-state index contributed by atoms with van der Waals surface area (Å²) in [7, 11) is -8.23. The van der Waals surface area contributed by atoms with Gasteiger partial charge in [0.1, 0.15) is 0 Å². The molecule has 0 aliphatic heterocycles. The average molecular weight is 704 g/mol. The Labute approximate surface area is 278 Å². The molecule has 0 aliphatic rings. The number of alkyl halides is 3. The lowest BCUT2D eigenvalue weighted by atomic mass is 9.91. The number of aliphatic hydroxyl groups is 1. The topological polar surface area (TPSA) is 133 Å². The third-order valence-corrected chi connectivity index (χ3v) is 9.86. The highest BCUT2D eigenvalue weighted by Crippen LogP contribution is 2.32. The van der Waals surface area contributed by atoms with Gasteiger partial charge in [0.15, 0.2) is 0 Å². The molecular weight excluding hydrogens is 668 g/mol. The summed E-state index contributed by atoms with van der Waals surface area (Å²) < 4.78 is 94.3. The number of aliphatic hydroxyl groups excluding tert-OH is 1. The van der Waals surface area contributed by atoms with Gasteiger partial charge in [0.2, 0.25) is 20.0 Å². The SMILES string of the molecule is CS(=O)(=O)N(c1ccccc1)c1ccccc1C(=O)NS(=O)(=O)CC[C@H](Cc1ccccc1)[C@@H](O)CNCc1cccc(C(F)(F)F)c1. The van der Waals surface area contributed by atoms with E-state index < -0.39 is 55.5 Å². The molecule has 48 heavy (non-hydrogen) atoms. The van der Waals surface area contributed by atoms with Crippen LogP contribution in [0.25, 0.3) is 0 Å². The van der Waals surface area contributed by atoms with E-state index in [4.69, 9.17) is 0 Å². The number of anilines is 2. The molecule has 9 nitrogen and oxygen atoms in total. The summed E-state index contributed by atoms with van der Waals surface area (Å²) in [6.07, 6.45) is -4.38. The summed E-state index contributed by atoms with van der Waals surface area (Å²) in [4.78, 5) is 13.3. The molecule has 0 fully saturated rings. The number of nitrogens with one attached hydrogen (secondary N) is 2. The van der Waals surface area contributed by atoms with Crippen LogP contribution in [-0.2, 0) is 39.2 Å². The molecule has 4 aromatic carbocycles. The van der Waals surface area contributed by atoms with Crippen LogP contribution < -0.4 is 14.3 Å². The number of carbonyl (C=O) groups is 1. The maximum absolute atomic E-state index is 13.3. The van der Waals surface area contributed by atoms with Gasteiger partial charge in [-0.15, -0.1) is 0 Å². The van der Waals surface area contributed by atoms with E-state index in [9.17, 15) is 39.9 Å². The van der Waals surface area contributed by atoms with Crippen LogP contribution >= 0.6 is 0 Å². The van der Waals surface area contributed by atoms with Crippen LogP contribution in [0.4, 0.5) is 24.5 Å². The summed E-state index contributed by atoms with van der Waals surface area (Å²) in [5, 5.41) is 14.0. The largest absolute Gasteiger partial charge is 0.416 e. The molecule has 0 saturated carbocycles. The van der Waals surface area contributed by atoms with Gasteiger partial charge in [0.05, 0.1) is 40.6 Å². The van der Waals surface area contributed by atoms with E-state index in [0.29, 0.717) is 12.0 Å². The minimum atomic E-state index is -4.49. The van der Waals surface area contributed by atoms with Gasteiger partial charge in [-0.25, -0.2) is 25.9 Å². The van der Waals surface area contributed by atoms with Gasteiger partial charge in [-0.05, 0) is 60.2 Å². The molecule has 3 N–H and O–H groups in total. The molecule has 0 saturated heterocycles. The Bertz CT molecular complexity index is 1890. The van der Waals surface area contributed by atoms with Crippen molar-refractivity contribution in [3.05, 3.63) is 131 Å². The second-order valence-electron chi connectivity index (χ2n) is 11.3. The zero-order chi connectivity index (χ0) is 35.0. The summed E-state index contributed by atoms with van der Waals surface area (Å²) in [5.74, 6) is -2.19. The fourth-order valence-corrected chi connectivity index (χ4v) is 7.33. The van der Waals surface area contributed by atoms with E-state index in [1.165, 1.54) is 36.4 Å². The number of nitrogens with zero attached hydrogens (tertiary/aromatic N) is 1. The van der Waals surface area contributed by atoms with Gasteiger partial charge in [0.25, 0.3) is 5.91 Å². The number of sulfonamides is 2. The van der Waals surface area contributed by atoms with Crippen molar-refractivity contribution >= 4 is 37.3 Å². The summed E-state index contributed by atoms with van der Waals surface area (Å²) in [6, 6.07) is 27.6. The van der Waals surface area contributed by atoms with Gasteiger partial charge >= 0.3 is 6.18 Å². The fraction of sp³-hybridized carbons (Fsp3) is 0.265. The maximum Gasteiger partial charge on any atom is 0.416 e. The Morgan fingerprint density at radius 1 is 0.833 bits per heavy atom. The molecule has 256 valence electrons. The van der Waals surface area contributed by atoms with Gasteiger partial charge < -0.3 is 10.4 Å². The fourth-order valence-electron chi connectivity index (χ4n) is 5.21. The number of carbonyl (C=O) groups excluding carboxylic acids is 1. The van der Waals surface area contributed by atoms with Crippen LogP contribution in [-0.4, -0.2) is 52.5 Å². The normalized spacial score (nSPS) is 13.4. The van der Waals surface area contributed by atoms with Crippen LogP contribution in [0.5, 0.6) is 0 Å². The lowest BCUT2D eigenvalue weighted by molar-refractivity contribution is -0.137. The van der Waals surface area contributed by atoms with Crippen molar-refractivity contribution in [1.82, 2.24) is 10.0 Å². The molecule has 4 rings (SSSR count). The van der Waals surface area contributed by atoms with E-state index in [2.05, 4.69) is 5.32 Å². The van der Waals surface area contributed by atoms with Gasteiger partial charge in [-0.1, -0.05) is 78.9 Å². The highest BCUT2D eigenvalue weighted by atomic mass is 32.2. The second-order valence-corrected chi connectivity index (χ2v) is 14.9. The van der Waals surface area contributed by atoms with Gasteiger partial charge in [0, 0.05) is 13.1 Å². The first-order valence-electron chi connectivity index (χ1n) is 14.9. The van der Waals surface area contributed by atoms with E-state index >= 15 is 0 Å². The highest BCUT2D eigenvalue weighted by Gasteiger charge is 2.31. The predicted octanol–water partition coefficient (Wildman–Crippen LogP) is 5.26. The summed E-state index contributed by atoms with van der Waals surface area (Å²) in [6.45, 7) is 0.00855. The number of halogens is 3. The van der Waals surface area contributed by atoms with E-state index in [1.54, 1.807) is 42.5 Å². The highest BCUT2D eigenvalue weighted by molar-refractivity contribution is 7.92. The van der Waals surface area contributed by atoms with E-state index in [-0.39, 0.29) is 36.4 Å². The number of amides is 1. The number of hydrogen-bond donors (Lipinski definition) is 3. The van der Waals surface area contributed by atoms with Gasteiger partial charge in [-0.3, -0.25) is 4.79 Å². The second kappa shape index (κ2) is 15.8. The average Bonchev–Trinajstić information content (AvgIpc) is 3.03. The van der Waals surface area contributed by atoms with Crippen LogP contribution in [0.3, 0.4) is 0 Å². The van der Waals surface area contributed by atoms with Gasteiger partial charge in [-0.2, -0.15) is 13.2 Å². The first-order valence-corrected chi connectivity index (χ1v) is 18.4. The Balaban J connectivity index is 1.47. The third kappa shape index (κ3) is 10.4. The molecular formula is C34H36F3N3O6S2. The molecule has 0 aliphatic carbocycles. The van der Waals surface area contributed by atoms with Crippen LogP contribution in [0, 0.1) is 5.92 Å². The molecule has 4 aromatic rings. The van der Waals surface area contributed by atoms with Crippen molar-refractivity contribution < 1.29 is 39.9 Å². The maximum atomic E-state index is 13.3. The minimum absolute atomic E-state index is 0.0334. The Morgan fingerprint density at radius 2 is 1.44 bits per heavy atom. The summed E-state index contributed by atoms with van der Waals surface area (Å²) >= 11 is 0. The third-order valence-electron chi connectivity index (χ3n) is 7.52. The smallest absolute Gasteiger partial charge is 0.392 e. The van der Waals surface area contributed by atoms with E-state index in [1.807, 2.05) is 22.9 Å². The molecule has 0 bridgehead atoms. The lowest BCUT2D eigenvalue weighted by Crippen LogP contribution is -2.38. The Kier molecular flexibility index (Phi) is 12.0. The number of rotatable bonds is 15. The Morgan fingerprint density at radius 3 is 2.08 bits per heavy atom. The number of benzene rings is 4. The zero-order valence-corrected chi connectivity index (χ0v) is 27.6. The number of hydrogen-bond acceptors (Lipinski definition) is 7. The van der Waals surface area contributed by atoms with Crippen molar-refractivity contribution in [3.63, 3.8) is 0 Å². The summed E-state index contributed by atoms with van der Waals surface area (Å²) in [5.41, 5.74) is 0.435. The molecule has 0 heterocycles. The van der Waals surface area contributed by atoms with Crippen LogP contribution in [0.1, 0.15) is 33.5 Å². The number of para-hydroxylation sites is 2. The van der Waals surface area contributed by atoms with Crippen molar-refractivity contribution in [3.8, 4) is 0 Å². The van der Waals surface area contributed by atoms with Crippen LogP contribution in [0.2, 0.25) is 0 Å². The van der Waals surface area contributed by atoms with E-state index in [0.717, 1.165) is 28.3 Å². The monoisotopic (exact) mass is 703 g/mol. The molecule has 14 heteroatoms. The first-order chi connectivity index (χ1) is 22.6. The Hall–Kier alpha value is -4.24. The van der Waals surface area contributed by atoms with Crippen molar-refractivity contribution in [2.75, 3.05) is 22.9 Å². The molecule has 2 atom stereocenters. The molecule has 0 unspecified atom stereocenters. The molecule has 0 radical (unpaired) electrons. The molecule has 0 spiro atoms. The zero-order valence-electron chi connectivity index (χ0n) is 26.0. The standard InChI is InChI=1S/C34H36F3N3O6S2/c1-47(43,44)40(29-15-6-3-7-16-29)31-18-9-8-17-30(31)33(42)39-48(45,46)20-19-27(21-25-11-4-2-5-12-25)32(41)24-38-23-26-13-10-14-28(22-26)34(35,36)37/h2-18,22,27,32,38,41H,19-21,23-24H2,1H3,(H,39,42)/t27-,32+/m1/s1. The predicted molar refractivity (Wildman–Crippen MR) is 179 cm³/mol. The van der Waals surface area contributed by atoms with Crippen molar-refractivity contribution in [2.24, 2.45) is 5.92 Å².